The SMILES string of the molecule is O=S(=O)(c1ccc(N2CCCc3cc(F)cc(F)c32)c2c1[C@H](O)[C@@H](F)C2)C(F)(F)F. The fourth-order valence-electron chi connectivity index (χ4n) is 4.16. The van der Waals surface area contributed by atoms with E-state index in [2.05, 4.69) is 0 Å². The second-order valence-corrected chi connectivity index (χ2v) is 9.15. The molecule has 0 fully saturated rings. The molecule has 2 atom stereocenters. The van der Waals surface area contributed by atoms with Crippen LogP contribution >= 0.6 is 0 Å². The zero-order valence-electron chi connectivity index (χ0n) is 15.2. The van der Waals surface area contributed by atoms with Crippen LogP contribution in [-0.2, 0) is 22.7 Å². The van der Waals surface area contributed by atoms with Crippen LogP contribution < -0.4 is 4.90 Å². The summed E-state index contributed by atoms with van der Waals surface area (Å²) in [6, 6.07) is 3.49. The number of anilines is 2. The highest BCUT2D eigenvalue weighted by Gasteiger charge is 2.50. The van der Waals surface area contributed by atoms with Gasteiger partial charge in [0.15, 0.2) is 0 Å². The molecule has 2 aromatic rings. The third-order valence-corrected chi connectivity index (χ3v) is 6.96. The molecule has 1 aliphatic carbocycles. The smallest absolute Gasteiger partial charge is 0.385 e. The van der Waals surface area contributed by atoms with E-state index >= 15 is 0 Å². The Kier molecular flexibility index (Phi) is 4.81. The Morgan fingerprint density at radius 3 is 2.50 bits per heavy atom. The molecule has 0 radical (unpaired) electrons. The first-order valence-corrected chi connectivity index (χ1v) is 10.5. The van der Waals surface area contributed by atoms with Crippen LogP contribution in [-0.4, -0.2) is 31.7 Å². The van der Waals surface area contributed by atoms with Crippen molar-refractivity contribution in [2.24, 2.45) is 0 Å². The predicted molar refractivity (Wildman–Crippen MR) is 94.9 cm³/mol. The average Bonchev–Trinajstić information content (AvgIpc) is 2.94. The Balaban J connectivity index is 1.94. The number of rotatable bonds is 2. The number of aryl methyl sites for hydroxylation is 1. The lowest BCUT2D eigenvalue weighted by Gasteiger charge is -2.33. The lowest BCUT2D eigenvalue weighted by atomic mass is 9.98. The first-order valence-electron chi connectivity index (χ1n) is 8.98. The van der Waals surface area contributed by atoms with Crippen molar-refractivity contribution in [1.82, 2.24) is 0 Å². The van der Waals surface area contributed by atoms with Crippen LogP contribution in [0.3, 0.4) is 0 Å². The van der Waals surface area contributed by atoms with Crippen molar-refractivity contribution in [3.05, 3.63) is 52.6 Å². The van der Waals surface area contributed by atoms with Crippen LogP contribution in [0, 0.1) is 11.6 Å². The number of hydrogen-bond donors (Lipinski definition) is 1. The van der Waals surface area contributed by atoms with Crippen LogP contribution in [0.2, 0.25) is 0 Å². The Bertz CT molecular complexity index is 1130. The van der Waals surface area contributed by atoms with Gasteiger partial charge in [0, 0.05) is 30.3 Å². The van der Waals surface area contributed by atoms with Crippen LogP contribution in [0.25, 0.3) is 0 Å². The number of nitrogens with zero attached hydrogens (tertiary/aromatic N) is 1. The number of alkyl halides is 4. The first-order chi connectivity index (χ1) is 13.9. The van der Waals surface area contributed by atoms with Crippen LogP contribution in [0.1, 0.15) is 29.2 Å². The molecule has 1 N–H and O–H groups in total. The highest BCUT2D eigenvalue weighted by Crippen LogP contribution is 2.47. The van der Waals surface area contributed by atoms with Gasteiger partial charge in [-0.3, -0.25) is 0 Å². The van der Waals surface area contributed by atoms with E-state index in [1.807, 2.05) is 0 Å². The molecule has 162 valence electrons. The largest absolute Gasteiger partial charge is 0.501 e. The van der Waals surface area contributed by atoms with Gasteiger partial charge in [-0.25, -0.2) is 21.6 Å². The van der Waals surface area contributed by atoms with Gasteiger partial charge in [0.25, 0.3) is 9.84 Å². The molecular weight excluding hydrogens is 436 g/mol. The highest BCUT2D eigenvalue weighted by atomic mass is 32.2. The van der Waals surface area contributed by atoms with Crippen molar-refractivity contribution in [1.29, 1.82) is 0 Å². The van der Waals surface area contributed by atoms with Gasteiger partial charge in [0.2, 0.25) is 0 Å². The first kappa shape index (κ1) is 21.0. The van der Waals surface area contributed by atoms with E-state index in [4.69, 9.17) is 0 Å². The second-order valence-electron chi connectivity index (χ2n) is 7.24. The molecule has 0 saturated carbocycles. The quantitative estimate of drug-likeness (QED) is 0.693. The lowest BCUT2D eigenvalue weighted by Crippen LogP contribution is -2.28. The van der Waals surface area contributed by atoms with Gasteiger partial charge in [0.1, 0.15) is 23.9 Å². The summed E-state index contributed by atoms with van der Waals surface area (Å²) >= 11 is 0. The van der Waals surface area contributed by atoms with Crippen molar-refractivity contribution >= 4 is 21.2 Å². The summed E-state index contributed by atoms with van der Waals surface area (Å²) in [5, 5.41) is 10.1. The summed E-state index contributed by atoms with van der Waals surface area (Å²) in [7, 11) is -5.85. The average molecular weight is 451 g/mol. The van der Waals surface area contributed by atoms with Crippen molar-refractivity contribution in [3.8, 4) is 0 Å². The van der Waals surface area contributed by atoms with E-state index in [1.54, 1.807) is 0 Å². The topological polar surface area (TPSA) is 57.6 Å². The normalized spacial score (nSPS) is 21.5. The van der Waals surface area contributed by atoms with Gasteiger partial charge in [-0.15, -0.1) is 0 Å². The van der Waals surface area contributed by atoms with Crippen molar-refractivity contribution in [2.75, 3.05) is 11.4 Å². The van der Waals surface area contributed by atoms with E-state index in [0.29, 0.717) is 30.5 Å². The minimum Gasteiger partial charge on any atom is -0.385 e. The maximum absolute atomic E-state index is 14.5. The van der Waals surface area contributed by atoms with Crippen LogP contribution in [0.15, 0.2) is 29.2 Å². The predicted octanol–water partition coefficient (Wildman–Crippen LogP) is 4.27. The minimum absolute atomic E-state index is 0.00641. The van der Waals surface area contributed by atoms with E-state index in [9.17, 15) is 39.9 Å². The standard InChI is InChI=1S/C19H15F6NO3S/c20-10-6-9-2-1-5-26(17(9)12(21)7-10)14-3-4-15(30(28,29)19(23,24)25)16-11(14)8-13(22)18(16)27/h3-4,6-7,13,18,27H,1-2,5,8H2/t13-,18+/m0/s1. The molecular formula is C19H15F6NO3S. The Hall–Kier alpha value is -2.27. The number of aliphatic hydroxyl groups is 1. The van der Waals surface area contributed by atoms with Crippen molar-refractivity contribution in [2.45, 2.75) is 41.9 Å². The maximum atomic E-state index is 14.5. The minimum atomic E-state index is -5.85. The molecule has 0 saturated heterocycles. The lowest BCUT2D eigenvalue weighted by molar-refractivity contribution is -0.0437. The molecule has 0 bridgehead atoms. The van der Waals surface area contributed by atoms with E-state index in [1.165, 1.54) is 4.90 Å². The highest BCUT2D eigenvalue weighted by molar-refractivity contribution is 7.92. The summed E-state index contributed by atoms with van der Waals surface area (Å²) < 4.78 is 106. The van der Waals surface area contributed by atoms with E-state index in [0.717, 1.165) is 12.1 Å². The fourth-order valence-corrected chi connectivity index (χ4v) is 5.19. The maximum Gasteiger partial charge on any atom is 0.501 e. The van der Waals surface area contributed by atoms with Gasteiger partial charge in [-0.05, 0) is 42.2 Å². The van der Waals surface area contributed by atoms with E-state index in [-0.39, 0.29) is 23.5 Å². The molecule has 1 aliphatic heterocycles. The Labute approximate surface area is 167 Å². The molecule has 1 heterocycles. The number of sulfone groups is 1. The molecule has 4 nitrogen and oxygen atoms in total. The summed E-state index contributed by atoms with van der Waals surface area (Å²) in [5.74, 6) is -1.69. The van der Waals surface area contributed by atoms with E-state index < -0.39 is 56.1 Å². The molecule has 2 aliphatic rings. The van der Waals surface area contributed by atoms with Gasteiger partial charge < -0.3 is 10.0 Å². The Morgan fingerprint density at radius 1 is 1.13 bits per heavy atom. The zero-order chi connectivity index (χ0) is 22.0. The van der Waals surface area contributed by atoms with Gasteiger partial charge >= 0.3 is 5.51 Å². The Morgan fingerprint density at radius 2 is 1.83 bits per heavy atom. The second kappa shape index (κ2) is 6.88. The van der Waals surface area contributed by atoms with Crippen molar-refractivity contribution < 1.29 is 39.9 Å². The molecule has 11 heteroatoms. The monoisotopic (exact) mass is 451 g/mol. The van der Waals surface area contributed by atoms with Gasteiger partial charge in [0.05, 0.1) is 10.6 Å². The summed E-state index contributed by atoms with van der Waals surface area (Å²) in [6.07, 6.45) is -3.83. The number of benzene rings is 2. The molecule has 0 spiro atoms. The fraction of sp³-hybridized carbons (Fsp3) is 0.368. The van der Waals surface area contributed by atoms with Gasteiger partial charge in [-0.2, -0.15) is 13.2 Å². The van der Waals surface area contributed by atoms with Crippen LogP contribution in [0.4, 0.5) is 37.7 Å². The molecule has 30 heavy (non-hydrogen) atoms. The summed E-state index contributed by atoms with van der Waals surface area (Å²) in [4.78, 5) is 0.138. The molecule has 0 amide bonds. The zero-order valence-corrected chi connectivity index (χ0v) is 16.0. The van der Waals surface area contributed by atoms with Gasteiger partial charge in [-0.1, -0.05) is 0 Å². The summed E-state index contributed by atoms with van der Waals surface area (Å²) in [5.41, 5.74) is -6.05. The molecule has 4 rings (SSSR count). The summed E-state index contributed by atoms with van der Waals surface area (Å²) in [6.45, 7) is 0.195. The van der Waals surface area contributed by atoms with Crippen LogP contribution in [0.5, 0.6) is 0 Å². The number of halogens is 6. The third-order valence-electron chi connectivity index (χ3n) is 5.42. The molecule has 2 aromatic carbocycles. The molecule has 0 aromatic heterocycles. The van der Waals surface area contributed by atoms with Crippen molar-refractivity contribution in [3.63, 3.8) is 0 Å². The number of fused-ring (bicyclic) bond motifs is 2. The number of aliphatic hydroxyl groups excluding tert-OH is 1. The number of hydrogen-bond acceptors (Lipinski definition) is 4. The molecule has 0 unspecified atom stereocenters. The third kappa shape index (κ3) is 3.06.